The van der Waals surface area contributed by atoms with Crippen LogP contribution in [0.3, 0.4) is 0 Å². The van der Waals surface area contributed by atoms with Crippen LogP contribution in [0.1, 0.15) is 5.56 Å². The van der Waals surface area contributed by atoms with Crippen LogP contribution in [-0.4, -0.2) is 23.0 Å². The number of hydrogen-bond acceptors (Lipinski definition) is 3. The van der Waals surface area contributed by atoms with Crippen molar-refractivity contribution < 1.29 is 9.90 Å². The molecule has 0 saturated heterocycles. The van der Waals surface area contributed by atoms with E-state index in [4.69, 9.17) is 0 Å². The highest BCUT2D eigenvalue weighted by Gasteiger charge is 2.07. The normalized spacial score (nSPS) is 9.62. The number of likely N-dealkylation sites (N-methyl/N-ethyl adjacent to an activating group) is 1. The number of aromatic amines is 1. The van der Waals surface area contributed by atoms with Gasteiger partial charge in [0.2, 0.25) is 5.91 Å². The zero-order valence-electron chi connectivity index (χ0n) is 7.13. The van der Waals surface area contributed by atoms with Crippen LogP contribution in [0, 0.1) is 0 Å². The van der Waals surface area contributed by atoms with E-state index in [1.807, 2.05) is 0 Å². The van der Waals surface area contributed by atoms with Crippen molar-refractivity contribution in [2.75, 3.05) is 7.05 Å². The molecule has 0 aromatic carbocycles. The molecule has 1 amide bonds. The van der Waals surface area contributed by atoms with Crippen molar-refractivity contribution in [3.05, 3.63) is 28.2 Å². The SMILES string of the molecule is CNC(=O)Cc1cc[nH]c(=O)c1O. The van der Waals surface area contributed by atoms with Gasteiger partial charge in [-0.1, -0.05) is 0 Å². The Kier molecular flexibility index (Phi) is 2.69. The Labute approximate surface area is 74.4 Å². The van der Waals surface area contributed by atoms with Crippen LogP contribution in [0.4, 0.5) is 0 Å². The quantitative estimate of drug-likeness (QED) is 0.569. The van der Waals surface area contributed by atoms with Gasteiger partial charge >= 0.3 is 0 Å². The molecule has 70 valence electrons. The molecule has 1 rings (SSSR count). The van der Waals surface area contributed by atoms with Crippen molar-refractivity contribution in [2.24, 2.45) is 0 Å². The average Bonchev–Trinajstić information content (AvgIpc) is 2.13. The van der Waals surface area contributed by atoms with Crippen molar-refractivity contribution in [3.63, 3.8) is 0 Å². The summed E-state index contributed by atoms with van der Waals surface area (Å²) >= 11 is 0. The summed E-state index contributed by atoms with van der Waals surface area (Å²) in [6.45, 7) is 0. The van der Waals surface area contributed by atoms with Gasteiger partial charge < -0.3 is 15.4 Å². The number of aromatic nitrogens is 1. The topological polar surface area (TPSA) is 82.2 Å². The predicted octanol–water partition coefficient (Wildman–Crippen LogP) is -0.631. The van der Waals surface area contributed by atoms with Gasteiger partial charge in [0, 0.05) is 18.8 Å². The number of carbonyl (C=O) groups is 1. The van der Waals surface area contributed by atoms with Crippen molar-refractivity contribution in [3.8, 4) is 5.75 Å². The highest BCUT2D eigenvalue weighted by Crippen LogP contribution is 2.09. The third kappa shape index (κ3) is 2.08. The highest BCUT2D eigenvalue weighted by molar-refractivity contribution is 5.78. The highest BCUT2D eigenvalue weighted by atomic mass is 16.3. The van der Waals surface area contributed by atoms with E-state index < -0.39 is 11.3 Å². The third-order valence-electron chi connectivity index (χ3n) is 1.65. The number of carbonyl (C=O) groups excluding carboxylic acids is 1. The molecule has 0 fully saturated rings. The maximum atomic E-state index is 10.9. The Balaban J connectivity index is 2.96. The zero-order chi connectivity index (χ0) is 9.84. The second kappa shape index (κ2) is 3.75. The second-order valence-corrected chi connectivity index (χ2v) is 2.53. The first-order valence-corrected chi connectivity index (χ1v) is 3.75. The minimum atomic E-state index is -0.582. The minimum absolute atomic E-state index is 0.00620. The molecule has 0 saturated carbocycles. The Bertz CT molecular complexity index is 370. The van der Waals surface area contributed by atoms with Crippen molar-refractivity contribution in [1.29, 1.82) is 0 Å². The fraction of sp³-hybridized carbons (Fsp3) is 0.250. The van der Waals surface area contributed by atoms with Crippen LogP contribution in [0.5, 0.6) is 5.75 Å². The van der Waals surface area contributed by atoms with E-state index in [0.29, 0.717) is 5.56 Å². The molecule has 5 heteroatoms. The van der Waals surface area contributed by atoms with Gasteiger partial charge in [-0.25, -0.2) is 0 Å². The van der Waals surface area contributed by atoms with E-state index in [0.717, 1.165) is 0 Å². The van der Waals surface area contributed by atoms with Crippen molar-refractivity contribution in [1.82, 2.24) is 10.3 Å². The molecular weight excluding hydrogens is 172 g/mol. The van der Waals surface area contributed by atoms with Crippen LogP contribution in [-0.2, 0) is 11.2 Å². The third-order valence-corrected chi connectivity index (χ3v) is 1.65. The summed E-state index contributed by atoms with van der Waals surface area (Å²) in [7, 11) is 1.49. The maximum absolute atomic E-state index is 10.9. The molecule has 0 bridgehead atoms. The summed E-state index contributed by atoms with van der Waals surface area (Å²) in [5, 5.41) is 11.6. The van der Waals surface area contributed by atoms with Crippen LogP contribution < -0.4 is 10.9 Å². The Morgan fingerprint density at radius 2 is 2.38 bits per heavy atom. The lowest BCUT2D eigenvalue weighted by atomic mass is 10.2. The summed E-state index contributed by atoms with van der Waals surface area (Å²) in [4.78, 5) is 24.1. The number of pyridine rings is 1. The minimum Gasteiger partial charge on any atom is -0.503 e. The smallest absolute Gasteiger partial charge is 0.290 e. The Morgan fingerprint density at radius 1 is 1.69 bits per heavy atom. The molecule has 1 aromatic rings. The van der Waals surface area contributed by atoms with Gasteiger partial charge in [-0.15, -0.1) is 0 Å². The molecule has 13 heavy (non-hydrogen) atoms. The van der Waals surface area contributed by atoms with E-state index in [1.54, 1.807) is 0 Å². The van der Waals surface area contributed by atoms with Crippen LogP contribution in [0.2, 0.25) is 0 Å². The van der Waals surface area contributed by atoms with Crippen LogP contribution in [0.25, 0.3) is 0 Å². The first kappa shape index (κ1) is 9.31. The van der Waals surface area contributed by atoms with Crippen LogP contribution in [0.15, 0.2) is 17.1 Å². The summed E-state index contributed by atoms with van der Waals surface area (Å²) < 4.78 is 0. The fourth-order valence-electron chi connectivity index (χ4n) is 0.915. The molecule has 3 N–H and O–H groups in total. The first-order chi connectivity index (χ1) is 6.15. The molecule has 0 unspecified atom stereocenters. The lowest BCUT2D eigenvalue weighted by Gasteiger charge is -2.01. The second-order valence-electron chi connectivity index (χ2n) is 2.53. The van der Waals surface area contributed by atoms with E-state index in [-0.39, 0.29) is 12.3 Å². The molecule has 5 nitrogen and oxygen atoms in total. The standard InChI is InChI=1S/C8H10N2O3/c1-9-6(11)4-5-2-3-10-8(13)7(5)12/h2-3,12H,4H2,1H3,(H,9,11)(H,10,13). The van der Waals surface area contributed by atoms with Gasteiger partial charge in [0.1, 0.15) is 0 Å². The number of H-pyrrole nitrogens is 1. The molecule has 1 heterocycles. The van der Waals surface area contributed by atoms with Gasteiger partial charge in [0.25, 0.3) is 5.56 Å². The number of amides is 1. The fourth-order valence-corrected chi connectivity index (χ4v) is 0.915. The number of hydrogen-bond donors (Lipinski definition) is 3. The average molecular weight is 182 g/mol. The van der Waals surface area contributed by atoms with Gasteiger partial charge in [-0.05, 0) is 6.07 Å². The van der Waals surface area contributed by atoms with E-state index >= 15 is 0 Å². The molecule has 0 aliphatic rings. The number of aromatic hydroxyl groups is 1. The molecule has 0 aliphatic heterocycles. The van der Waals surface area contributed by atoms with Gasteiger partial charge in [0.15, 0.2) is 5.75 Å². The largest absolute Gasteiger partial charge is 0.503 e. The molecule has 0 spiro atoms. The molecule has 0 aliphatic carbocycles. The Hall–Kier alpha value is -1.78. The summed E-state index contributed by atoms with van der Waals surface area (Å²) in [5.41, 5.74) is -0.260. The summed E-state index contributed by atoms with van der Waals surface area (Å²) in [6, 6.07) is 1.49. The van der Waals surface area contributed by atoms with Gasteiger partial charge in [-0.3, -0.25) is 9.59 Å². The van der Waals surface area contributed by atoms with Gasteiger partial charge in [-0.2, -0.15) is 0 Å². The number of rotatable bonds is 2. The summed E-state index contributed by atoms with van der Waals surface area (Å²) in [5.74, 6) is -0.646. The zero-order valence-corrected chi connectivity index (χ0v) is 7.13. The molecular formula is C8H10N2O3. The monoisotopic (exact) mass is 182 g/mol. The summed E-state index contributed by atoms with van der Waals surface area (Å²) in [6.07, 6.45) is 1.40. The molecule has 1 aromatic heterocycles. The van der Waals surface area contributed by atoms with Crippen molar-refractivity contribution in [2.45, 2.75) is 6.42 Å². The molecule has 0 atom stereocenters. The van der Waals surface area contributed by atoms with E-state index in [2.05, 4.69) is 10.3 Å². The first-order valence-electron chi connectivity index (χ1n) is 3.75. The lowest BCUT2D eigenvalue weighted by Crippen LogP contribution is -2.21. The van der Waals surface area contributed by atoms with Gasteiger partial charge in [0.05, 0.1) is 6.42 Å². The predicted molar refractivity (Wildman–Crippen MR) is 46.5 cm³/mol. The number of nitrogens with one attached hydrogen (secondary N) is 2. The van der Waals surface area contributed by atoms with Crippen molar-refractivity contribution >= 4 is 5.91 Å². The van der Waals surface area contributed by atoms with E-state index in [1.165, 1.54) is 19.3 Å². The van der Waals surface area contributed by atoms with E-state index in [9.17, 15) is 14.7 Å². The molecule has 0 radical (unpaired) electrons. The Morgan fingerprint density at radius 3 is 3.00 bits per heavy atom. The van der Waals surface area contributed by atoms with Crippen LogP contribution >= 0.6 is 0 Å². The lowest BCUT2D eigenvalue weighted by molar-refractivity contribution is -0.119. The maximum Gasteiger partial charge on any atom is 0.290 e.